The molecule has 47 valence electrons. The summed E-state index contributed by atoms with van der Waals surface area (Å²) >= 11 is 0. The SMILES string of the molecule is [CH3-].[NH-]CCC(=O)O.[Y]. The fourth-order valence-electron chi connectivity index (χ4n) is 0.107. The Morgan fingerprint density at radius 1 is 1.62 bits per heavy atom. The molecule has 0 aliphatic carbocycles. The Morgan fingerprint density at radius 2 is 2.00 bits per heavy atom. The van der Waals surface area contributed by atoms with Gasteiger partial charge < -0.3 is 18.3 Å². The van der Waals surface area contributed by atoms with Crippen LogP contribution in [0, 0.1) is 7.43 Å². The maximum Gasteiger partial charge on any atom is 0.301 e. The first-order chi connectivity index (χ1) is 2.77. The van der Waals surface area contributed by atoms with Gasteiger partial charge in [0.15, 0.2) is 0 Å². The number of nitrogens with one attached hydrogen (secondary N) is 1. The summed E-state index contributed by atoms with van der Waals surface area (Å²) in [5, 5.41) is 7.79. The number of carbonyl (C=O) groups is 1. The Hall–Kier alpha value is 0.534. The summed E-state index contributed by atoms with van der Waals surface area (Å²) in [7, 11) is 0. The molecule has 0 aromatic heterocycles. The topological polar surface area (TPSA) is 61.1 Å². The van der Waals surface area contributed by atoms with Gasteiger partial charge >= 0.3 is 5.97 Å². The van der Waals surface area contributed by atoms with Crippen LogP contribution in [0.3, 0.4) is 0 Å². The summed E-state index contributed by atoms with van der Waals surface area (Å²) in [5.74, 6) is -0.898. The number of rotatable bonds is 2. The molecule has 0 amide bonds. The Morgan fingerprint density at radius 3 is 2.00 bits per heavy atom. The van der Waals surface area contributed by atoms with E-state index in [4.69, 9.17) is 10.8 Å². The van der Waals surface area contributed by atoms with Crippen molar-refractivity contribution in [3.05, 3.63) is 13.2 Å². The van der Waals surface area contributed by atoms with Crippen molar-refractivity contribution >= 4 is 5.97 Å². The van der Waals surface area contributed by atoms with Crippen molar-refractivity contribution in [2.45, 2.75) is 6.42 Å². The molecule has 0 spiro atoms. The van der Waals surface area contributed by atoms with Gasteiger partial charge in [-0.2, -0.15) is 0 Å². The van der Waals surface area contributed by atoms with Gasteiger partial charge in [-0.1, -0.05) is 0 Å². The molecule has 0 aromatic rings. The third-order valence-corrected chi connectivity index (χ3v) is 0.339. The zero-order chi connectivity index (χ0) is 4.99. The van der Waals surface area contributed by atoms with Crippen LogP contribution in [-0.4, -0.2) is 17.6 Å². The molecule has 0 aromatic carbocycles. The summed E-state index contributed by atoms with van der Waals surface area (Å²) in [4.78, 5) is 9.48. The average Bonchev–Trinajstić information content (AvgIpc) is 1.35. The monoisotopic (exact) mass is 192 g/mol. The van der Waals surface area contributed by atoms with Crippen molar-refractivity contribution in [1.82, 2.24) is 0 Å². The Kier molecular flexibility index (Phi) is 20.8. The quantitative estimate of drug-likeness (QED) is 0.662. The fraction of sp³-hybridized carbons (Fsp3) is 0.500. The molecule has 0 atom stereocenters. The molecule has 8 heavy (non-hydrogen) atoms. The first-order valence-electron chi connectivity index (χ1n) is 1.63. The summed E-state index contributed by atoms with van der Waals surface area (Å²) in [5.41, 5.74) is 6.35. The smallest absolute Gasteiger partial charge is 0.301 e. The number of carboxylic acid groups (broad SMARTS) is 1. The maximum atomic E-state index is 9.48. The van der Waals surface area contributed by atoms with Gasteiger partial charge in [0, 0.05) is 39.1 Å². The molecular weight excluding hydrogens is 183 g/mol. The van der Waals surface area contributed by atoms with E-state index < -0.39 is 5.97 Å². The van der Waals surface area contributed by atoms with Gasteiger partial charge in [0.05, 0.1) is 0 Å². The van der Waals surface area contributed by atoms with E-state index in [0.717, 1.165) is 0 Å². The van der Waals surface area contributed by atoms with Crippen LogP contribution in [0.15, 0.2) is 0 Å². The van der Waals surface area contributed by atoms with Crippen molar-refractivity contribution < 1.29 is 42.6 Å². The van der Waals surface area contributed by atoms with Gasteiger partial charge in [-0.15, -0.1) is 6.54 Å². The molecule has 0 heterocycles. The molecule has 0 aliphatic rings. The van der Waals surface area contributed by atoms with Gasteiger partial charge in [-0.25, -0.2) is 0 Å². The largest absolute Gasteiger partial charge is 0.677 e. The van der Waals surface area contributed by atoms with Gasteiger partial charge in [-0.3, -0.25) is 4.79 Å². The van der Waals surface area contributed by atoms with E-state index in [1.54, 1.807) is 0 Å². The first kappa shape index (κ1) is 15.8. The molecule has 0 fully saturated rings. The molecule has 0 rings (SSSR count). The average molecular weight is 192 g/mol. The number of carboxylic acids is 1. The zero-order valence-electron chi connectivity index (χ0n) is 4.85. The molecule has 0 aliphatic heterocycles. The van der Waals surface area contributed by atoms with Crippen molar-refractivity contribution in [1.29, 1.82) is 0 Å². The predicted octanol–water partition coefficient (Wildman–Crippen LogP) is 0.961. The van der Waals surface area contributed by atoms with Crippen molar-refractivity contribution in [3.63, 3.8) is 0 Å². The second-order valence-electron chi connectivity index (χ2n) is 0.894. The Balaban J connectivity index is -0.000000125. The Bertz CT molecular complexity index is 58.0. The summed E-state index contributed by atoms with van der Waals surface area (Å²) in [6.07, 6.45) is -0.0417. The number of hydrogen-bond acceptors (Lipinski definition) is 1. The number of aliphatic carboxylic acids is 1. The molecule has 3 nitrogen and oxygen atoms in total. The normalized spacial score (nSPS) is 6.12. The standard InChI is InChI=1S/C3H6NO2.CH3.Y/c4-2-1-3(5)6;;/h4H,1-2H2,(H,5,6);1H3;/q2*-1;. The molecule has 0 bridgehead atoms. The van der Waals surface area contributed by atoms with E-state index in [0.29, 0.717) is 0 Å². The van der Waals surface area contributed by atoms with E-state index in [1.165, 1.54) is 0 Å². The van der Waals surface area contributed by atoms with Crippen molar-refractivity contribution in [3.8, 4) is 0 Å². The van der Waals surface area contributed by atoms with Gasteiger partial charge in [0.25, 0.3) is 0 Å². The predicted molar refractivity (Wildman–Crippen MR) is 27.9 cm³/mol. The van der Waals surface area contributed by atoms with E-state index in [1.807, 2.05) is 0 Å². The van der Waals surface area contributed by atoms with Gasteiger partial charge in [-0.05, 0) is 0 Å². The van der Waals surface area contributed by atoms with Crippen LogP contribution in [0.25, 0.3) is 5.73 Å². The maximum absolute atomic E-state index is 9.48. The second-order valence-corrected chi connectivity index (χ2v) is 0.894. The summed E-state index contributed by atoms with van der Waals surface area (Å²) in [6.45, 7) is -0.0185. The summed E-state index contributed by atoms with van der Waals surface area (Å²) in [6, 6.07) is 0. The third kappa shape index (κ3) is 16.0. The van der Waals surface area contributed by atoms with Gasteiger partial charge in [0.2, 0.25) is 0 Å². The van der Waals surface area contributed by atoms with Crippen LogP contribution < -0.4 is 0 Å². The van der Waals surface area contributed by atoms with E-state index in [2.05, 4.69) is 0 Å². The molecule has 4 heteroatoms. The minimum absolute atomic E-state index is 0. The van der Waals surface area contributed by atoms with Crippen LogP contribution in [0.2, 0.25) is 0 Å². The molecule has 1 radical (unpaired) electrons. The van der Waals surface area contributed by atoms with E-state index >= 15 is 0 Å². The van der Waals surface area contributed by atoms with E-state index in [9.17, 15) is 4.79 Å². The molecule has 0 saturated heterocycles. The molecule has 0 saturated carbocycles. The van der Waals surface area contributed by atoms with Crippen LogP contribution in [0.1, 0.15) is 6.42 Å². The van der Waals surface area contributed by atoms with Crippen molar-refractivity contribution in [2.24, 2.45) is 0 Å². The van der Waals surface area contributed by atoms with Crippen molar-refractivity contribution in [2.75, 3.05) is 6.54 Å². The van der Waals surface area contributed by atoms with Crippen LogP contribution in [0.5, 0.6) is 0 Å². The number of hydrogen-bond donors (Lipinski definition) is 1. The third-order valence-electron chi connectivity index (χ3n) is 0.339. The summed E-state index contributed by atoms with van der Waals surface area (Å²) < 4.78 is 0. The fourth-order valence-corrected chi connectivity index (χ4v) is 0.107. The van der Waals surface area contributed by atoms with Crippen LogP contribution in [0.4, 0.5) is 0 Å². The first-order valence-corrected chi connectivity index (χ1v) is 1.63. The van der Waals surface area contributed by atoms with Crippen LogP contribution in [-0.2, 0) is 37.5 Å². The zero-order valence-corrected chi connectivity index (χ0v) is 7.69. The van der Waals surface area contributed by atoms with Gasteiger partial charge in [0.1, 0.15) is 0 Å². The minimum Gasteiger partial charge on any atom is -0.677 e. The molecular formula is C4H9NO2Y-2. The molecule has 0 unspecified atom stereocenters. The van der Waals surface area contributed by atoms with E-state index in [-0.39, 0.29) is 53.1 Å². The Labute approximate surface area is 74.5 Å². The second kappa shape index (κ2) is 10.5. The minimum atomic E-state index is -0.898. The molecule has 2 N–H and O–H groups in total. The van der Waals surface area contributed by atoms with Crippen LogP contribution >= 0.6 is 0 Å².